The number of benzene rings is 2. The van der Waals surface area contributed by atoms with Crippen LogP contribution in [0.5, 0.6) is 5.75 Å². The third kappa shape index (κ3) is 2.68. The van der Waals surface area contributed by atoms with Gasteiger partial charge in [-0.25, -0.2) is 0 Å². The van der Waals surface area contributed by atoms with Gasteiger partial charge in [0.25, 0.3) is 0 Å². The lowest BCUT2D eigenvalue weighted by molar-refractivity contribution is 0.414. The molecular formula is C16H14O. The highest BCUT2D eigenvalue weighted by Gasteiger charge is 2.02. The first-order chi connectivity index (χ1) is 8.33. The van der Waals surface area contributed by atoms with Crippen molar-refractivity contribution >= 4 is 0 Å². The molecule has 0 aliphatic rings. The van der Waals surface area contributed by atoms with Gasteiger partial charge >= 0.3 is 0 Å². The van der Waals surface area contributed by atoms with E-state index in [1.165, 1.54) is 5.56 Å². The molecule has 0 fully saturated rings. The quantitative estimate of drug-likeness (QED) is 0.722. The standard InChI is InChI=1S/C16H14O/c1-3-7-13-10-15(12-16(11-13)17-2)14-8-5-4-6-9-14/h1,4-6,8-12H,7H2,2H3. The van der Waals surface area contributed by atoms with Gasteiger partial charge in [0.1, 0.15) is 5.75 Å². The van der Waals surface area contributed by atoms with E-state index >= 15 is 0 Å². The maximum atomic E-state index is 5.35. The molecule has 0 spiro atoms. The van der Waals surface area contributed by atoms with Crippen LogP contribution in [0.25, 0.3) is 11.1 Å². The summed E-state index contributed by atoms with van der Waals surface area (Å²) in [5.74, 6) is 3.50. The van der Waals surface area contributed by atoms with Gasteiger partial charge in [0.2, 0.25) is 0 Å². The maximum absolute atomic E-state index is 5.35. The van der Waals surface area contributed by atoms with Crippen molar-refractivity contribution < 1.29 is 4.74 Å². The van der Waals surface area contributed by atoms with Crippen LogP contribution in [0.3, 0.4) is 0 Å². The first-order valence-electron chi connectivity index (χ1n) is 5.50. The van der Waals surface area contributed by atoms with Crippen LogP contribution in [0.2, 0.25) is 0 Å². The average Bonchev–Trinajstić information content (AvgIpc) is 2.40. The molecule has 0 aliphatic heterocycles. The Morgan fingerprint density at radius 2 is 1.82 bits per heavy atom. The zero-order valence-corrected chi connectivity index (χ0v) is 9.81. The van der Waals surface area contributed by atoms with E-state index in [2.05, 4.69) is 24.1 Å². The van der Waals surface area contributed by atoms with Gasteiger partial charge in [0, 0.05) is 6.42 Å². The molecule has 2 rings (SSSR count). The van der Waals surface area contributed by atoms with Gasteiger partial charge in [-0.3, -0.25) is 0 Å². The Morgan fingerprint density at radius 3 is 2.47 bits per heavy atom. The summed E-state index contributed by atoms with van der Waals surface area (Å²) in [7, 11) is 1.67. The minimum Gasteiger partial charge on any atom is -0.497 e. The second-order valence-corrected chi connectivity index (χ2v) is 3.82. The van der Waals surface area contributed by atoms with Gasteiger partial charge in [-0.1, -0.05) is 30.3 Å². The molecule has 0 bridgehead atoms. The minimum absolute atomic E-state index is 0.622. The van der Waals surface area contributed by atoms with Gasteiger partial charge in [-0.15, -0.1) is 12.3 Å². The molecule has 0 aliphatic carbocycles. The number of rotatable bonds is 3. The van der Waals surface area contributed by atoms with Crippen LogP contribution in [0.15, 0.2) is 48.5 Å². The fourth-order valence-electron chi connectivity index (χ4n) is 1.80. The number of methoxy groups -OCH3 is 1. The van der Waals surface area contributed by atoms with Crippen LogP contribution >= 0.6 is 0 Å². The van der Waals surface area contributed by atoms with Crippen LogP contribution in [0.1, 0.15) is 5.56 Å². The molecule has 0 atom stereocenters. The zero-order valence-electron chi connectivity index (χ0n) is 9.81. The van der Waals surface area contributed by atoms with Crippen molar-refractivity contribution in [1.29, 1.82) is 0 Å². The topological polar surface area (TPSA) is 9.23 Å². The molecule has 0 radical (unpaired) electrons. The number of terminal acetylenes is 1. The molecule has 84 valence electrons. The highest BCUT2D eigenvalue weighted by atomic mass is 16.5. The molecule has 1 heteroatoms. The Morgan fingerprint density at radius 1 is 1.06 bits per heavy atom. The van der Waals surface area contributed by atoms with Gasteiger partial charge in [0.05, 0.1) is 7.11 Å². The highest BCUT2D eigenvalue weighted by molar-refractivity contribution is 5.66. The molecular weight excluding hydrogens is 208 g/mol. The van der Waals surface area contributed by atoms with Crippen LogP contribution in [-0.2, 0) is 6.42 Å². The second kappa shape index (κ2) is 5.23. The van der Waals surface area contributed by atoms with Crippen molar-refractivity contribution in [1.82, 2.24) is 0 Å². The Balaban J connectivity index is 2.47. The van der Waals surface area contributed by atoms with E-state index < -0.39 is 0 Å². The molecule has 0 unspecified atom stereocenters. The summed E-state index contributed by atoms with van der Waals surface area (Å²) in [5, 5.41) is 0. The highest BCUT2D eigenvalue weighted by Crippen LogP contribution is 2.26. The van der Waals surface area contributed by atoms with Gasteiger partial charge in [-0.05, 0) is 34.9 Å². The van der Waals surface area contributed by atoms with E-state index in [0.29, 0.717) is 6.42 Å². The lowest BCUT2D eigenvalue weighted by atomic mass is 10.0. The third-order valence-electron chi connectivity index (χ3n) is 2.62. The fourth-order valence-corrected chi connectivity index (χ4v) is 1.80. The monoisotopic (exact) mass is 222 g/mol. The van der Waals surface area contributed by atoms with Crippen LogP contribution in [0, 0.1) is 12.3 Å². The normalized spacial score (nSPS) is 9.65. The summed E-state index contributed by atoms with van der Waals surface area (Å²) in [6.45, 7) is 0. The maximum Gasteiger partial charge on any atom is 0.119 e. The van der Waals surface area contributed by atoms with Crippen molar-refractivity contribution in [3.63, 3.8) is 0 Å². The van der Waals surface area contributed by atoms with E-state index in [1.807, 2.05) is 30.3 Å². The molecule has 2 aromatic carbocycles. The number of hydrogen-bond donors (Lipinski definition) is 0. The lowest BCUT2D eigenvalue weighted by Gasteiger charge is -2.07. The number of hydrogen-bond acceptors (Lipinski definition) is 1. The van der Waals surface area contributed by atoms with Gasteiger partial charge in [0.15, 0.2) is 0 Å². The van der Waals surface area contributed by atoms with Crippen molar-refractivity contribution in [2.75, 3.05) is 7.11 Å². The summed E-state index contributed by atoms with van der Waals surface area (Å²) in [5.41, 5.74) is 3.41. The van der Waals surface area contributed by atoms with E-state index in [1.54, 1.807) is 7.11 Å². The largest absolute Gasteiger partial charge is 0.497 e. The van der Waals surface area contributed by atoms with Crippen molar-refractivity contribution in [3.05, 3.63) is 54.1 Å². The predicted octanol–water partition coefficient (Wildman–Crippen LogP) is 3.54. The number of ether oxygens (including phenoxy) is 1. The van der Waals surface area contributed by atoms with Gasteiger partial charge in [-0.2, -0.15) is 0 Å². The first kappa shape index (κ1) is 11.3. The summed E-state index contributed by atoms with van der Waals surface area (Å²) < 4.78 is 5.29. The van der Waals surface area contributed by atoms with Crippen molar-refractivity contribution in [2.45, 2.75) is 6.42 Å². The lowest BCUT2D eigenvalue weighted by Crippen LogP contribution is -1.89. The SMILES string of the molecule is C#CCc1cc(OC)cc(-c2ccccc2)c1. The molecule has 17 heavy (non-hydrogen) atoms. The molecule has 2 aromatic rings. The summed E-state index contributed by atoms with van der Waals surface area (Å²) in [6, 6.07) is 16.3. The molecule has 0 saturated heterocycles. The third-order valence-corrected chi connectivity index (χ3v) is 2.62. The molecule has 1 nitrogen and oxygen atoms in total. The van der Waals surface area contributed by atoms with E-state index in [9.17, 15) is 0 Å². The average molecular weight is 222 g/mol. The minimum atomic E-state index is 0.622. The second-order valence-electron chi connectivity index (χ2n) is 3.82. The Bertz CT molecular complexity index is 535. The summed E-state index contributed by atoms with van der Waals surface area (Å²) in [4.78, 5) is 0. The Labute approximate surface area is 102 Å². The predicted molar refractivity (Wildman–Crippen MR) is 71.0 cm³/mol. The first-order valence-corrected chi connectivity index (χ1v) is 5.50. The van der Waals surface area contributed by atoms with E-state index in [4.69, 9.17) is 11.2 Å². The summed E-state index contributed by atoms with van der Waals surface area (Å²) >= 11 is 0. The molecule has 0 N–H and O–H groups in total. The fraction of sp³-hybridized carbons (Fsp3) is 0.125. The van der Waals surface area contributed by atoms with Crippen molar-refractivity contribution in [3.8, 4) is 29.2 Å². The van der Waals surface area contributed by atoms with Crippen LogP contribution in [-0.4, -0.2) is 7.11 Å². The smallest absolute Gasteiger partial charge is 0.119 e. The van der Waals surface area contributed by atoms with E-state index in [-0.39, 0.29) is 0 Å². The molecule has 0 heterocycles. The Kier molecular flexibility index (Phi) is 3.47. The van der Waals surface area contributed by atoms with Gasteiger partial charge < -0.3 is 4.74 Å². The van der Waals surface area contributed by atoms with Crippen LogP contribution in [0.4, 0.5) is 0 Å². The summed E-state index contributed by atoms with van der Waals surface area (Å²) in [6.07, 6.45) is 5.97. The molecule has 0 saturated carbocycles. The molecule has 0 amide bonds. The van der Waals surface area contributed by atoms with E-state index in [0.717, 1.165) is 16.9 Å². The van der Waals surface area contributed by atoms with Crippen molar-refractivity contribution in [2.24, 2.45) is 0 Å². The molecule has 0 aromatic heterocycles. The zero-order chi connectivity index (χ0) is 12.1. The Hall–Kier alpha value is -2.20. The van der Waals surface area contributed by atoms with Crippen LogP contribution < -0.4 is 4.74 Å².